The normalized spacial score (nSPS) is 11.1. The van der Waals surface area contributed by atoms with E-state index >= 15 is 0 Å². The fraction of sp³-hybridized carbons (Fsp3) is 0.125. The third-order valence-electron chi connectivity index (χ3n) is 1.54. The molecule has 1 aromatic carbocycles. The molecule has 4 nitrogen and oxygen atoms in total. The zero-order valence-electron chi connectivity index (χ0n) is 7.64. The number of carbonyl (C=O) groups is 1. The van der Waals surface area contributed by atoms with Crippen LogP contribution in [-0.4, -0.2) is 12.3 Å². The number of hydrazine groups is 1. The fourth-order valence-electron chi connectivity index (χ4n) is 0.971. The van der Waals surface area contributed by atoms with Gasteiger partial charge in [0.1, 0.15) is 5.75 Å². The lowest BCUT2D eigenvalue weighted by Crippen LogP contribution is -2.31. The number of amides is 1. The SMILES string of the molecule is NNC(=O)c1cc(Br)ccc1OC(F)(F)F. The third-order valence-corrected chi connectivity index (χ3v) is 2.04. The highest BCUT2D eigenvalue weighted by Crippen LogP contribution is 2.28. The van der Waals surface area contributed by atoms with E-state index in [0.717, 1.165) is 6.07 Å². The van der Waals surface area contributed by atoms with Crippen LogP contribution in [0.25, 0.3) is 0 Å². The Kier molecular flexibility index (Phi) is 3.76. The number of halogens is 4. The molecule has 0 aliphatic carbocycles. The van der Waals surface area contributed by atoms with Gasteiger partial charge in [-0.05, 0) is 18.2 Å². The maximum Gasteiger partial charge on any atom is 0.573 e. The Morgan fingerprint density at radius 1 is 1.44 bits per heavy atom. The van der Waals surface area contributed by atoms with Crippen LogP contribution in [0.3, 0.4) is 0 Å². The van der Waals surface area contributed by atoms with Gasteiger partial charge in [-0.1, -0.05) is 15.9 Å². The number of hydrogen-bond acceptors (Lipinski definition) is 3. The minimum atomic E-state index is -4.86. The summed E-state index contributed by atoms with van der Waals surface area (Å²) in [7, 11) is 0. The van der Waals surface area contributed by atoms with Crippen molar-refractivity contribution in [3.8, 4) is 5.75 Å². The topological polar surface area (TPSA) is 64.3 Å². The first-order chi connectivity index (χ1) is 7.33. The lowest BCUT2D eigenvalue weighted by molar-refractivity contribution is -0.274. The maximum atomic E-state index is 12.0. The number of hydrogen-bond donors (Lipinski definition) is 2. The number of rotatable bonds is 2. The van der Waals surface area contributed by atoms with Crippen LogP contribution < -0.4 is 16.0 Å². The maximum absolute atomic E-state index is 12.0. The second-order valence-corrected chi connectivity index (χ2v) is 3.58. The first-order valence-electron chi connectivity index (χ1n) is 3.90. The molecule has 1 aromatic rings. The molecular formula is C8H6BrF3N2O2. The number of carbonyl (C=O) groups excluding carboxylic acids is 1. The molecule has 0 fully saturated rings. The van der Waals surface area contributed by atoms with Crippen LogP contribution in [0.1, 0.15) is 10.4 Å². The molecule has 16 heavy (non-hydrogen) atoms. The number of nitrogens with two attached hydrogens (primary N) is 1. The van der Waals surface area contributed by atoms with Gasteiger partial charge in [-0.3, -0.25) is 10.2 Å². The van der Waals surface area contributed by atoms with Crippen molar-refractivity contribution in [3.63, 3.8) is 0 Å². The van der Waals surface area contributed by atoms with E-state index in [0.29, 0.717) is 4.47 Å². The minimum absolute atomic E-state index is 0.311. The molecule has 3 N–H and O–H groups in total. The number of nitrogen functional groups attached to an aromatic ring is 1. The largest absolute Gasteiger partial charge is 0.573 e. The predicted octanol–water partition coefficient (Wildman–Crippen LogP) is 1.95. The summed E-state index contributed by atoms with van der Waals surface area (Å²) in [6.07, 6.45) is -4.86. The van der Waals surface area contributed by atoms with Crippen LogP contribution in [-0.2, 0) is 0 Å². The van der Waals surface area contributed by atoms with Crippen molar-refractivity contribution in [2.75, 3.05) is 0 Å². The van der Waals surface area contributed by atoms with Crippen LogP contribution in [0, 0.1) is 0 Å². The monoisotopic (exact) mass is 298 g/mol. The van der Waals surface area contributed by atoms with E-state index in [1.165, 1.54) is 12.1 Å². The summed E-state index contributed by atoms with van der Waals surface area (Å²) < 4.78 is 40.1. The van der Waals surface area contributed by atoms with Crippen molar-refractivity contribution in [1.82, 2.24) is 5.43 Å². The van der Waals surface area contributed by atoms with Crippen LogP contribution in [0.4, 0.5) is 13.2 Å². The quantitative estimate of drug-likeness (QED) is 0.498. The van der Waals surface area contributed by atoms with Gasteiger partial charge in [-0.25, -0.2) is 5.84 Å². The zero-order chi connectivity index (χ0) is 12.3. The summed E-state index contributed by atoms with van der Waals surface area (Å²) in [6, 6.07) is 3.50. The van der Waals surface area contributed by atoms with Gasteiger partial charge in [0, 0.05) is 4.47 Å². The molecule has 0 heterocycles. The van der Waals surface area contributed by atoms with E-state index in [-0.39, 0.29) is 5.56 Å². The highest BCUT2D eigenvalue weighted by molar-refractivity contribution is 9.10. The summed E-state index contributed by atoms with van der Waals surface area (Å²) in [5.74, 6) is 3.35. The third kappa shape index (κ3) is 3.38. The predicted molar refractivity (Wildman–Crippen MR) is 52.5 cm³/mol. The lowest BCUT2D eigenvalue weighted by Gasteiger charge is -2.12. The first-order valence-corrected chi connectivity index (χ1v) is 4.69. The van der Waals surface area contributed by atoms with Gasteiger partial charge in [-0.2, -0.15) is 0 Å². The molecule has 0 radical (unpaired) electrons. The molecule has 0 bridgehead atoms. The Hall–Kier alpha value is -1.28. The summed E-state index contributed by atoms with van der Waals surface area (Å²) in [6.45, 7) is 0. The second kappa shape index (κ2) is 4.71. The van der Waals surface area contributed by atoms with E-state index < -0.39 is 18.0 Å². The average Bonchev–Trinajstić information content (AvgIpc) is 2.17. The number of alkyl halides is 3. The Morgan fingerprint density at radius 2 is 2.06 bits per heavy atom. The van der Waals surface area contributed by atoms with Crippen LogP contribution in [0.5, 0.6) is 5.75 Å². The molecule has 0 aliphatic heterocycles. The highest BCUT2D eigenvalue weighted by Gasteiger charge is 2.32. The molecule has 1 rings (SSSR count). The fourth-order valence-corrected chi connectivity index (χ4v) is 1.33. The summed E-state index contributed by atoms with van der Waals surface area (Å²) in [4.78, 5) is 11.2. The van der Waals surface area contributed by atoms with Gasteiger partial charge < -0.3 is 4.74 Å². The molecule has 0 unspecified atom stereocenters. The van der Waals surface area contributed by atoms with Crippen molar-refractivity contribution >= 4 is 21.8 Å². The van der Waals surface area contributed by atoms with E-state index in [1.807, 2.05) is 0 Å². The Bertz CT molecular complexity index is 409. The molecule has 8 heteroatoms. The lowest BCUT2D eigenvalue weighted by atomic mass is 10.2. The van der Waals surface area contributed by atoms with E-state index in [1.54, 1.807) is 5.43 Å². The van der Waals surface area contributed by atoms with Crippen molar-refractivity contribution in [2.45, 2.75) is 6.36 Å². The first kappa shape index (κ1) is 12.8. The van der Waals surface area contributed by atoms with Crippen molar-refractivity contribution in [2.24, 2.45) is 5.84 Å². The molecular weight excluding hydrogens is 293 g/mol. The Balaban J connectivity index is 3.13. The molecule has 0 saturated carbocycles. The number of benzene rings is 1. The summed E-state index contributed by atoms with van der Waals surface area (Å²) in [5.41, 5.74) is 1.42. The zero-order valence-corrected chi connectivity index (χ0v) is 9.22. The minimum Gasteiger partial charge on any atom is -0.405 e. The second-order valence-electron chi connectivity index (χ2n) is 2.66. The van der Waals surface area contributed by atoms with Gasteiger partial charge in [0.15, 0.2) is 0 Å². The number of nitrogens with one attached hydrogen (secondary N) is 1. The Labute approximate surface area is 96.7 Å². The molecule has 0 saturated heterocycles. The van der Waals surface area contributed by atoms with Gasteiger partial charge in [0.2, 0.25) is 0 Å². The standard InChI is InChI=1S/C8H6BrF3N2O2/c9-4-1-2-6(16-8(10,11)12)5(3-4)7(15)14-13/h1-3H,13H2,(H,14,15). The van der Waals surface area contributed by atoms with E-state index in [9.17, 15) is 18.0 Å². The van der Waals surface area contributed by atoms with Crippen LogP contribution in [0.15, 0.2) is 22.7 Å². The summed E-state index contributed by atoms with van der Waals surface area (Å²) >= 11 is 3.02. The van der Waals surface area contributed by atoms with Crippen molar-refractivity contribution < 1.29 is 22.7 Å². The molecule has 0 spiro atoms. The van der Waals surface area contributed by atoms with Gasteiger partial charge in [0.05, 0.1) is 5.56 Å². The molecule has 88 valence electrons. The Morgan fingerprint density at radius 3 is 2.56 bits per heavy atom. The van der Waals surface area contributed by atoms with E-state index in [2.05, 4.69) is 20.7 Å². The van der Waals surface area contributed by atoms with Gasteiger partial charge in [0.25, 0.3) is 5.91 Å². The molecule has 1 amide bonds. The molecule has 0 atom stereocenters. The van der Waals surface area contributed by atoms with Crippen molar-refractivity contribution in [1.29, 1.82) is 0 Å². The highest BCUT2D eigenvalue weighted by atomic mass is 79.9. The van der Waals surface area contributed by atoms with E-state index in [4.69, 9.17) is 5.84 Å². The van der Waals surface area contributed by atoms with Gasteiger partial charge >= 0.3 is 6.36 Å². The molecule has 0 aliphatic rings. The summed E-state index contributed by atoms with van der Waals surface area (Å²) in [5, 5.41) is 0. The average molecular weight is 299 g/mol. The number of ether oxygens (including phenoxy) is 1. The van der Waals surface area contributed by atoms with Crippen LogP contribution in [0.2, 0.25) is 0 Å². The van der Waals surface area contributed by atoms with Crippen molar-refractivity contribution in [3.05, 3.63) is 28.2 Å². The van der Waals surface area contributed by atoms with Gasteiger partial charge in [-0.15, -0.1) is 13.2 Å². The van der Waals surface area contributed by atoms with Crippen LogP contribution >= 0.6 is 15.9 Å². The smallest absolute Gasteiger partial charge is 0.405 e. The molecule has 0 aromatic heterocycles.